The van der Waals surface area contributed by atoms with E-state index < -0.39 is 0 Å². The molecule has 0 amide bonds. The number of nitrogens with zero attached hydrogens (tertiary/aromatic N) is 2. The number of rotatable bonds is 8. The minimum absolute atomic E-state index is 0.751. The Morgan fingerprint density at radius 1 is 1.39 bits per heavy atom. The third kappa shape index (κ3) is 4.75. The maximum Gasteiger partial charge on any atom is 0.0588 e. The molecule has 102 valence electrons. The van der Waals surface area contributed by atoms with Gasteiger partial charge in [-0.2, -0.15) is 0 Å². The van der Waals surface area contributed by atoms with Gasteiger partial charge in [0.05, 0.1) is 5.69 Å². The van der Waals surface area contributed by atoms with E-state index in [1.807, 2.05) is 19.3 Å². The molecule has 1 N–H and O–H groups in total. The summed E-state index contributed by atoms with van der Waals surface area (Å²) in [5, 5.41) is 3.21. The molecule has 0 bridgehead atoms. The predicted molar refractivity (Wildman–Crippen MR) is 77.4 cm³/mol. The molecule has 18 heavy (non-hydrogen) atoms. The first-order valence-electron chi connectivity index (χ1n) is 7.00. The van der Waals surface area contributed by atoms with Crippen molar-refractivity contribution in [2.24, 2.45) is 5.92 Å². The average Bonchev–Trinajstić information content (AvgIpc) is 2.40. The zero-order valence-electron chi connectivity index (χ0n) is 12.2. The average molecular weight is 249 g/mol. The van der Waals surface area contributed by atoms with E-state index in [9.17, 15) is 0 Å². The van der Waals surface area contributed by atoms with Gasteiger partial charge in [0.2, 0.25) is 0 Å². The molecular weight excluding hydrogens is 222 g/mol. The monoisotopic (exact) mass is 249 g/mol. The van der Waals surface area contributed by atoms with Crippen LogP contribution in [0.5, 0.6) is 0 Å². The molecule has 1 aromatic rings. The summed E-state index contributed by atoms with van der Waals surface area (Å²) in [6.07, 6.45) is 3.13. The number of aromatic nitrogens is 1. The second-order valence-electron chi connectivity index (χ2n) is 4.98. The lowest BCUT2D eigenvalue weighted by Gasteiger charge is -2.24. The Morgan fingerprint density at radius 3 is 2.78 bits per heavy atom. The van der Waals surface area contributed by atoms with Gasteiger partial charge in [-0.15, -0.1) is 0 Å². The van der Waals surface area contributed by atoms with Crippen LogP contribution in [0.25, 0.3) is 0 Å². The summed E-state index contributed by atoms with van der Waals surface area (Å²) in [7, 11) is 1.98. The molecule has 1 rings (SSSR count). The van der Waals surface area contributed by atoms with E-state index in [0.29, 0.717) is 0 Å². The van der Waals surface area contributed by atoms with Crippen LogP contribution in [0.15, 0.2) is 18.3 Å². The summed E-state index contributed by atoms with van der Waals surface area (Å²) in [6, 6.07) is 4.18. The van der Waals surface area contributed by atoms with Gasteiger partial charge in [0.1, 0.15) is 0 Å². The molecule has 0 saturated carbocycles. The molecule has 3 nitrogen and oxygen atoms in total. The fourth-order valence-electron chi connectivity index (χ4n) is 2.05. The van der Waals surface area contributed by atoms with Crippen LogP contribution in [-0.2, 0) is 13.1 Å². The van der Waals surface area contributed by atoms with Crippen LogP contribution in [0.2, 0.25) is 0 Å². The van der Waals surface area contributed by atoms with Crippen molar-refractivity contribution in [1.82, 2.24) is 15.2 Å². The maximum absolute atomic E-state index is 4.54. The zero-order chi connectivity index (χ0) is 13.4. The highest BCUT2D eigenvalue weighted by Crippen LogP contribution is 2.11. The molecule has 0 aliphatic heterocycles. The minimum Gasteiger partial charge on any atom is -0.316 e. The summed E-state index contributed by atoms with van der Waals surface area (Å²) in [5.41, 5.74) is 2.51. The van der Waals surface area contributed by atoms with Crippen LogP contribution in [0.1, 0.15) is 38.4 Å². The van der Waals surface area contributed by atoms with Gasteiger partial charge in [0.25, 0.3) is 0 Å². The van der Waals surface area contributed by atoms with Crippen molar-refractivity contribution in [2.75, 3.05) is 20.1 Å². The van der Waals surface area contributed by atoms with Crippen molar-refractivity contribution in [3.05, 3.63) is 29.6 Å². The summed E-state index contributed by atoms with van der Waals surface area (Å²) < 4.78 is 0. The number of nitrogens with one attached hydrogen (secondary N) is 1. The van der Waals surface area contributed by atoms with Crippen LogP contribution < -0.4 is 5.32 Å². The Balaban J connectivity index is 2.68. The third-order valence-corrected chi connectivity index (χ3v) is 3.44. The highest BCUT2D eigenvalue weighted by Gasteiger charge is 2.11. The highest BCUT2D eigenvalue weighted by atomic mass is 15.1. The Morgan fingerprint density at radius 2 is 2.17 bits per heavy atom. The van der Waals surface area contributed by atoms with Gasteiger partial charge in [-0.05, 0) is 31.1 Å². The van der Waals surface area contributed by atoms with Gasteiger partial charge in [0.15, 0.2) is 0 Å². The molecule has 0 spiro atoms. The summed E-state index contributed by atoms with van der Waals surface area (Å²) in [6.45, 7) is 10.9. The van der Waals surface area contributed by atoms with Crippen LogP contribution in [-0.4, -0.2) is 30.0 Å². The van der Waals surface area contributed by atoms with E-state index in [4.69, 9.17) is 0 Å². The fourth-order valence-corrected chi connectivity index (χ4v) is 2.05. The van der Waals surface area contributed by atoms with Crippen molar-refractivity contribution in [3.63, 3.8) is 0 Å². The molecule has 0 saturated heterocycles. The van der Waals surface area contributed by atoms with Gasteiger partial charge in [-0.3, -0.25) is 9.88 Å². The van der Waals surface area contributed by atoms with Crippen LogP contribution in [0.4, 0.5) is 0 Å². The van der Waals surface area contributed by atoms with Crippen molar-refractivity contribution in [3.8, 4) is 0 Å². The Hall–Kier alpha value is -0.930. The first-order valence-corrected chi connectivity index (χ1v) is 7.00. The normalized spacial score (nSPS) is 12.9. The molecule has 1 heterocycles. The molecule has 3 heteroatoms. The van der Waals surface area contributed by atoms with Crippen LogP contribution in [0, 0.1) is 5.92 Å². The Labute approximate surface area is 112 Å². The third-order valence-electron chi connectivity index (χ3n) is 3.44. The fraction of sp³-hybridized carbons (Fsp3) is 0.667. The first kappa shape index (κ1) is 15.1. The molecule has 0 fully saturated rings. The quantitative estimate of drug-likeness (QED) is 0.768. The number of hydrogen-bond donors (Lipinski definition) is 1. The van der Waals surface area contributed by atoms with Crippen LogP contribution in [0.3, 0.4) is 0 Å². The van der Waals surface area contributed by atoms with Crippen LogP contribution >= 0.6 is 0 Å². The highest BCUT2D eigenvalue weighted by molar-refractivity contribution is 5.19. The minimum atomic E-state index is 0.751. The van der Waals surface area contributed by atoms with E-state index in [0.717, 1.165) is 32.1 Å². The summed E-state index contributed by atoms with van der Waals surface area (Å²) in [5.74, 6) is 0.751. The number of hydrogen-bond acceptors (Lipinski definition) is 3. The van der Waals surface area contributed by atoms with Gasteiger partial charge >= 0.3 is 0 Å². The Kier molecular flexibility index (Phi) is 6.91. The Bertz CT molecular complexity index is 338. The van der Waals surface area contributed by atoms with Crippen molar-refractivity contribution in [1.29, 1.82) is 0 Å². The van der Waals surface area contributed by atoms with E-state index in [1.165, 1.54) is 17.7 Å². The molecular formula is C15H27N3. The first-order chi connectivity index (χ1) is 8.71. The molecule has 1 aromatic heterocycles. The van der Waals surface area contributed by atoms with E-state index in [-0.39, 0.29) is 0 Å². The molecule has 0 aromatic carbocycles. The molecule has 0 radical (unpaired) electrons. The molecule has 1 atom stereocenters. The van der Waals surface area contributed by atoms with E-state index >= 15 is 0 Å². The van der Waals surface area contributed by atoms with Gasteiger partial charge in [-0.25, -0.2) is 0 Å². The second kappa shape index (κ2) is 8.22. The second-order valence-corrected chi connectivity index (χ2v) is 4.98. The SMILES string of the molecule is CCC(C)CN(CC)Cc1ncccc1CNC. The molecule has 1 unspecified atom stereocenters. The van der Waals surface area contributed by atoms with Gasteiger partial charge in [0, 0.05) is 25.8 Å². The summed E-state index contributed by atoms with van der Waals surface area (Å²) >= 11 is 0. The lowest BCUT2D eigenvalue weighted by atomic mass is 10.1. The van der Waals surface area contributed by atoms with Crippen molar-refractivity contribution >= 4 is 0 Å². The van der Waals surface area contributed by atoms with Crippen molar-refractivity contribution in [2.45, 2.75) is 40.3 Å². The molecule has 0 aliphatic carbocycles. The zero-order valence-corrected chi connectivity index (χ0v) is 12.2. The lowest BCUT2D eigenvalue weighted by Crippen LogP contribution is -2.29. The van der Waals surface area contributed by atoms with Gasteiger partial charge in [-0.1, -0.05) is 33.3 Å². The standard InChI is InChI=1S/C15H27N3/c1-5-13(3)11-18(6-2)12-15-14(10-16-4)8-7-9-17-15/h7-9,13,16H,5-6,10-12H2,1-4H3. The van der Waals surface area contributed by atoms with Crippen molar-refractivity contribution < 1.29 is 0 Å². The van der Waals surface area contributed by atoms with E-state index in [1.54, 1.807) is 0 Å². The number of pyridine rings is 1. The largest absolute Gasteiger partial charge is 0.316 e. The predicted octanol–water partition coefficient (Wildman–Crippen LogP) is 2.67. The smallest absolute Gasteiger partial charge is 0.0588 e. The topological polar surface area (TPSA) is 28.2 Å². The maximum atomic E-state index is 4.54. The summed E-state index contributed by atoms with van der Waals surface area (Å²) in [4.78, 5) is 7.02. The molecule has 0 aliphatic rings. The van der Waals surface area contributed by atoms with E-state index in [2.05, 4.69) is 42.0 Å². The van der Waals surface area contributed by atoms with Gasteiger partial charge < -0.3 is 5.32 Å². The lowest BCUT2D eigenvalue weighted by molar-refractivity contribution is 0.235.